The number of hydrogen-bond donors (Lipinski definition) is 3. The molecule has 1 aliphatic rings. The van der Waals surface area contributed by atoms with Gasteiger partial charge in [-0.3, -0.25) is 14.8 Å². The van der Waals surface area contributed by atoms with Gasteiger partial charge in [-0.15, -0.1) is 0 Å². The zero-order chi connectivity index (χ0) is 19.3. The number of hydroxylamine groups is 1. The van der Waals surface area contributed by atoms with Crippen molar-refractivity contribution in [3.8, 4) is 0 Å². The van der Waals surface area contributed by atoms with Crippen LogP contribution in [0.25, 0.3) is 0 Å². The average molecular weight is 398 g/mol. The monoisotopic (exact) mass is 397 g/mol. The highest BCUT2D eigenvalue weighted by Crippen LogP contribution is 2.25. The molecule has 0 unspecified atom stereocenters. The summed E-state index contributed by atoms with van der Waals surface area (Å²) in [4.78, 5) is 4.16. The lowest BCUT2D eigenvalue weighted by Gasteiger charge is -2.07. The standard InChI is InChI=1S/C16H14ClN3O.H2O4S/c1-18-15-10-20(21)16(11-5-3-2-4-6-11)13-9-12(17)7-8-14(13)19-15;1-5(2,3)4/h2-9,21H,10H2,1H3;(H2,1,2,3,4). The lowest BCUT2D eigenvalue weighted by molar-refractivity contribution is -0.764. The number of fused-ring (bicyclic) bond motifs is 1. The van der Waals surface area contributed by atoms with Crippen LogP contribution in [-0.2, 0) is 10.4 Å². The molecule has 0 saturated heterocycles. The van der Waals surface area contributed by atoms with Crippen LogP contribution in [0.15, 0.2) is 53.5 Å². The highest BCUT2D eigenvalue weighted by Gasteiger charge is 2.28. The zero-order valence-corrected chi connectivity index (χ0v) is 15.2. The number of nitrogens with one attached hydrogen (secondary N) is 1. The molecule has 0 saturated carbocycles. The minimum absolute atomic E-state index is 0.285. The summed E-state index contributed by atoms with van der Waals surface area (Å²) in [5.74, 6) is 0.687. The van der Waals surface area contributed by atoms with Crippen LogP contribution < -0.4 is 5.32 Å². The van der Waals surface area contributed by atoms with Gasteiger partial charge in [-0.2, -0.15) is 0 Å². The summed E-state index contributed by atoms with van der Waals surface area (Å²) in [6.45, 7) is 0.285. The van der Waals surface area contributed by atoms with Crippen LogP contribution in [0.4, 0.5) is 5.69 Å². The quantitative estimate of drug-likeness (QED) is 0.292. The predicted octanol–water partition coefficient (Wildman–Crippen LogP) is 2.04. The predicted molar refractivity (Wildman–Crippen MR) is 97.3 cm³/mol. The smallest absolute Gasteiger partial charge is 0.267 e. The summed E-state index contributed by atoms with van der Waals surface area (Å²) in [7, 11) is -3.22. The molecule has 0 bridgehead atoms. The van der Waals surface area contributed by atoms with E-state index in [1.807, 2.05) is 48.5 Å². The van der Waals surface area contributed by atoms with E-state index in [2.05, 4.69) is 10.3 Å². The average Bonchev–Trinajstić information content (AvgIpc) is 2.69. The van der Waals surface area contributed by atoms with Crippen LogP contribution in [0.5, 0.6) is 0 Å². The van der Waals surface area contributed by atoms with Crippen LogP contribution in [0.2, 0.25) is 5.02 Å². The second-order valence-corrected chi connectivity index (χ2v) is 6.48. The van der Waals surface area contributed by atoms with Crippen LogP contribution in [0, 0.1) is 0 Å². The van der Waals surface area contributed by atoms with E-state index in [1.54, 1.807) is 7.05 Å². The number of benzodiazepines with no additional fused rings is 1. The molecule has 0 atom stereocenters. The summed E-state index contributed by atoms with van der Waals surface area (Å²) in [5, 5.41) is 14.3. The van der Waals surface area contributed by atoms with Crippen molar-refractivity contribution in [2.75, 3.05) is 18.9 Å². The molecule has 3 rings (SSSR count). The van der Waals surface area contributed by atoms with Crippen LogP contribution in [0.1, 0.15) is 11.1 Å². The van der Waals surface area contributed by atoms with E-state index in [0.29, 0.717) is 16.6 Å². The Labute approximate surface area is 155 Å². The van der Waals surface area contributed by atoms with Crippen LogP contribution >= 0.6 is 11.6 Å². The molecule has 1 heterocycles. The second kappa shape index (κ2) is 8.28. The van der Waals surface area contributed by atoms with E-state index in [-0.39, 0.29) is 6.54 Å². The molecule has 0 aliphatic carbocycles. The van der Waals surface area contributed by atoms with Crippen molar-refractivity contribution < 1.29 is 27.5 Å². The number of anilines is 1. The SMILES string of the molecule is CN=C1C[N+](O)=C(c2ccccc2)c2cc(Cl)ccc2N1.O=S(=O)([O-])O. The third-order valence-corrected chi connectivity index (χ3v) is 3.63. The van der Waals surface area contributed by atoms with Gasteiger partial charge in [0.15, 0.2) is 5.84 Å². The van der Waals surface area contributed by atoms with Crippen molar-refractivity contribution in [1.82, 2.24) is 0 Å². The molecule has 2 aromatic carbocycles. The third-order valence-electron chi connectivity index (χ3n) is 3.39. The van der Waals surface area contributed by atoms with E-state index in [1.165, 1.54) is 4.74 Å². The molecule has 2 aromatic rings. The topological polar surface area (TPSA) is 125 Å². The second-order valence-electron chi connectivity index (χ2n) is 5.19. The Morgan fingerprint density at radius 1 is 1.23 bits per heavy atom. The van der Waals surface area contributed by atoms with E-state index in [9.17, 15) is 5.21 Å². The van der Waals surface area contributed by atoms with E-state index in [0.717, 1.165) is 16.8 Å². The maximum Gasteiger partial charge on any atom is 0.267 e. The Balaban J connectivity index is 0.000000431. The van der Waals surface area contributed by atoms with Crippen molar-refractivity contribution in [3.05, 3.63) is 64.7 Å². The molecule has 0 aromatic heterocycles. The minimum Gasteiger partial charge on any atom is -0.726 e. The third kappa shape index (κ3) is 5.53. The summed E-state index contributed by atoms with van der Waals surface area (Å²) in [6, 6.07) is 15.3. The summed E-state index contributed by atoms with van der Waals surface area (Å²) < 4.78 is 34.0. The molecule has 10 heteroatoms. The lowest BCUT2D eigenvalue weighted by Crippen LogP contribution is -2.25. The molecule has 8 nitrogen and oxygen atoms in total. The summed E-state index contributed by atoms with van der Waals surface area (Å²) >= 11 is 6.13. The Bertz CT molecular complexity index is 951. The van der Waals surface area contributed by atoms with Gasteiger partial charge in [0, 0.05) is 12.1 Å². The maximum atomic E-state index is 10.5. The van der Waals surface area contributed by atoms with Crippen LogP contribution in [-0.4, -0.2) is 52.6 Å². The first-order valence-corrected chi connectivity index (χ1v) is 9.03. The van der Waals surface area contributed by atoms with E-state index >= 15 is 0 Å². The first-order chi connectivity index (χ1) is 12.2. The van der Waals surface area contributed by atoms with Gasteiger partial charge in [-0.1, -0.05) is 29.8 Å². The molecular formula is C16H16ClN3O5S. The van der Waals surface area contributed by atoms with Gasteiger partial charge >= 0.3 is 0 Å². The highest BCUT2D eigenvalue weighted by atomic mass is 35.5. The van der Waals surface area contributed by atoms with E-state index < -0.39 is 10.4 Å². The van der Waals surface area contributed by atoms with Gasteiger partial charge < -0.3 is 9.87 Å². The maximum absolute atomic E-state index is 10.5. The fraction of sp³-hybridized carbons (Fsp3) is 0.125. The van der Waals surface area contributed by atoms with Crippen LogP contribution in [0.3, 0.4) is 0 Å². The van der Waals surface area contributed by atoms with Gasteiger partial charge in [0.1, 0.15) is 0 Å². The number of nitrogens with zero attached hydrogens (tertiary/aromatic N) is 2. The number of rotatable bonds is 1. The molecule has 26 heavy (non-hydrogen) atoms. The Hall–Kier alpha value is -2.46. The van der Waals surface area contributed by atoms with E-state index in [4.69, 9.17) is 29.1 Å². The largest absolute Gasteiger partial charge is 0.726 e. The first kappa shape index (κ1) is 19.9. The van der Waals surface area contributed by atoms with Crippen molar-refractivity contribution in [2.45, 2.75) is 0 Å². The summed E-state index contributed by atoms with van der Waals surface area (Å²) in [5.41, 5.74) is 3.34. The summed E-state index contributed by atoms with van der Waals surface area (Å²) in [6.07, 6.45) is 0. The molecular weight excluding hydrogens is 382 g/mol. The minimum atomic E-state index is -4.92. The van der Waals surface area contributed by atoms with Gasteiger partial charge in [0.25, 0.3) is 5.71 Å². The number of benzene rings is 2. The normalized spacial score (nSPS) is 15.5. The number of aliphatic imine (C=N–C) groups is 1. The molecule has 0 radical (unpaired) electrons. The van der Waals surface area contributed by atoms with Crippen molar-refractivity contribution in [3.63, 3.8) is 0 Å². The van der Waals surface area contributed by atoms with Gasteiger partial charge in [0.2, 0.25) is 16.9 Å². The fourth-order valence-corrected chi connectivity index (χ4v) is 2.58. The zero-order valence-electron chi connectivity index (χ0n) is 13.6. The molecule has 1 aliphatic heterocycles. The van der Waals surface area contributed by atoms with Gasteiger partial charge in [-0.25, -0.2) is 8.42 Å². The number of hydrogen-bond acceptors (Lipinski definition) is 5. The Kier molecular flexibility index (Phi) is 6.32. The Morgan fingerprint density at radius 2 is 1.85 bits per heavy atom. The number of amidine groups is 1. The van der Waals surface area contributed by atoms with Gasteiger partial charge in [-0.05, 0) is 35.1 Å². The van der Waals surface area contributed by atoms with Crippen molar-refractivity contribution in [1.29, 1.82) is 0 Å². The fourth-order valence-electron chi connectivity index (χ4n) is 2.40. The lowest BCUT2D eigenvalue weighted by atomic mass is 10.0. The highest BCUT2D eigenvalue weighted by molar-refractivity contribution is 7.79. The Morgan fingerprint density at radius 3 is 2.42 bits per heavy atom. The molecule has 0 amide bonds. The van der Waals surface area contributed by atoms with Crippen molar-refractivity contribution in [2.24, 2.45) is 4.99 Å². The molecule has 0 fully saturated rings. The van der Waals surface area contributed by atoms with Gasteiger partial charge in [0.05, 0.1) is 16.8 Å². The number of halogens is 1. The van der Waals surface area contributed by atoms with Crippen molar-refractivity contribution >= 4 is 39.2 Å². The molecule has 0 spiro atoms. The first-order valence-electron chi connectivity index (χ1n) is 7.28. The molecule has 3 N–H and O–H groups in total. The molecule has 138 valence electrons.